The van der Waals surface area contributed by atoms with Gasteiger partial charge in [0.2, 0.25) is 0 Å². The summed E-state index contributed by atoms with van der Waals surface area (Å²) in [4.78, 5) is 0. The SMILES string of the molecule is CCCCCCCCCCCCOS(=O)(=O)O.N.[H-].[Na+]. The van der Waals surface area contributed by atoms with Gasteiger partial charge in [-0.3, -0.25) is 4.55 Å². The molecule has 114 valence electrons. The molecule has 5 nitrogen and oxygen atoms in total. The second kappa shape index (κ2) is 16.9. The molecule has 0 aliphatic carbocycles. The zero-order valence-electron chi connectivity index (χ0n) is 13.6. The fourth-order valence-corrected chi connectivity index (χ4v) is 2.08. The molecule has 0 saturated carbocycles. The van der Waals surface area contributed by atoms with Crippen LogP contribution in [0.15, 0.2) is 0 Å². The smallest absolute Gasteiger partial charge is 1.00 e. The largest absolute Gasteiger partial charge is 1.00 e. The van der Waals surface area contributed by atoms with Gasteiger partial charge in [0.1, 0.15) is 0 Å². The quantitative estimate of drug-likeness (QED) is 0.318. The van der Waals surface area contributed by atoms with E-state index < -0.39 is 10.4 Å². The van der Waals surface area contributed by atoms with E-state index in [1.165, 1.54) is 44.9 Å². The minimum atomic E-state index is -4.23. The number of rotatable bonds is 12. The predicted molar refractivity (Wildman–Crippen MR) is 75.5 cm³/mol. The van der Waals surface area contributed by atoms with Crippen LogP contribution in [-0.4, -0.2) is 19.6 Å². The monoisotopic (exact) mass is 307 g/mol. The van der Waals surface area contributed by atoms with Crippen molar-refractivity contribution in [2.75, 3.05) is 6.61 Å². The fraction of sp³-hybridized carbons (Fsp3) is 1.00. The topological polar surface area (TPSA) is 98.6 Å². The first kappa shape index (κ1) is 24.8. The summed E-state index contributed by atoms with van der Waals surface area (Å²) in [7, 11) is -4.23. The van der Waals surface area contributed by atoms with Crippen molar-refractivity contribution in [1.29, 1.82) is 0 Å². The van der Waals surface area contributed by atoms with Crippen LogP contribution in [0.1, 0.15) is 72.6 Å². The third kappa shape index (κ3) is 24.3. The Morgan fingerprint density at radius 1 is 0.895 bits per heavy atom. The molecule has 0 atom stereocenters. The number of unbranched alkanes of at least 4 members (excludes halogenated alkanes) is 9. The molecule has 0 aromatic rings. The van der Waals surface area contributed by atoms with Gasteiger partial charge in [0.05, 0.1) is 6.61 Å². The zero-order chi connectivity index (χ0) is 13.0. The number of hydrogen-bond acceptors (Lipinski definition) is 4. The molecule has 0 aliphatic rings. The van der Waals surface area contributed by atoms with E-state index in [-0.39, 0.29) is 43.7 Å². The molecule has 0 radical (unpaired) electrons. The van der Waals surface area contributed by atoms with Crippen molar-refractivity contribution in [3.8, 4) is 0 Å². The van der Waals surface area contributed by atoms with Crippen LogP contribution in [-0.2, 0) is 14.6 Å². The molecular formula is C12H30NNaO4S. The summed E-state index contributed by atoms with van der Waals surface area (Å²) >= 11 is 0. The van der Waals surface area contributed by atoms with E-state index in [1.807, 2.05) is 0 Å². The van der Waals surface area contributed by atoms with Gasteiger partial charge in [-0.1, -0.05) is 64.7 Å². The predicted octanol–water partition coefficient (Wildman–Crippen LogP) is 1.01. The van der Waals surface area contributed by atoms with Crippen molar-refractivity contribution >= 4 is 10.4 Å². The Labute approximate surface area is 142 Å². The molecular weight excluding hydrogens is 277 g/mol. The van der Waals surface area contributed by atoms with E-state index >= 15 is 0 Å². The molecule has 0 fully saturated rings. The second-order valence-corrected chi connectivity index (χ2v) is 5.52. The van der Waals surface area contributed by atoms with Crippen molar-refractivity contribution in [2.45, 2.75) is 71.1 Å². The van der Waals surface area contributed by atoms with Crippen molar-refractivity contribution in [3.05, 3.63) is 0 Å². The molecule has 0 rings (SSSR count). The van der Waals surface area contributed by atoms with E-state index in [2.05, 4.69) is 11.1 Å². The molecule has 0 aliphatic heterocycles. The van der Waals surface area contributed by atoms with Crippen LogP contribution in [0.2, 0.25) is 0 Å². The first-order valence-corrected chi connectivity index (χ1v) is 8.04. The fourth-order valence-electron chi connectivity index (χ4n) is 1.75. The molecule has 0 unspecified atom stereocenters. The van der Waals surface area contributed by atoms with Crippen molar-refractivity contribution in [3.63, 3.8) is 0 Å². The first-order chi connectivity index (χ1) is 8.06. The van der Waals surface area contributed by atoms with Gasteiger partial charge >= 0.3 is 40.0 Å². The van der Waals surface area contributed by atoms with Gasteiger partial charge in [-0.2, -0.15) is 8.42 Å². The minimum absolute atomic E-state index is 0. The third-order valence-corrected chi connectivity index (χ3v) is 3.19. The zero-order valence-corrected chi connectivity index (χ0v) is 15.4. The molecule has 7 heteroatoms. The van der Waals surface area contributed by atoms with Gasteiger partial charge in [-0.25, -0.2) is 4.18 Å². The second-order valence-electron chi connectivity index (χ2n) is 4.43. The van der Waals surface area contributed by atoms with Crippen LogP contribution in [0.3, 0.4) is 0 Å². The minimum Gasteiger partial charge on any atom is -1.00 e. The first-order valence-electron chi connectivity index (χ1n) is 6.68. The maximum Gasteiger partial charge on any atom is 1.00 e. The van der Waals surface area contributed by atoms with Gasteiger partial charge < -0.3 is 7.58 Å². The van der Waals surface area contributed by atoms with Crippen LogP contribution in [0, 0.1) is 0 Å². The Bertz CT molecular complexity index is 266. The van der Waals surface area contributed by atoms with Crippen molar-refractivity contribution < 1.29 is 48.1 Å². The van der Waals surface area contributed by atoms with Gasteiger partial charge in [-0.05, 0) is 6.42 Å². The molecule has 4 N–H and O–H groups in total. The molecule has 0 bridgehead atoms. The Morgan fingerprint density at radius 3 is 1.63 bits per heavy atom. The maximum absolute atomic E-state index is 10.2. The summed E-state index contributed by atoms with van der Waals surface area (Å²) in [5.74, 6) is 0. The van der Waals surface area contributed by atoms with Gasteiger partial charge in [0.25, 0.3) is 0 Å². The Kier molecular flexibility index (Phi) is 22.1. The average Bonchev–Trinajstić information content (AvgIpc) is 2.24. The van der Waals surface area contributed by atoms with Crippen molar-refractivity contribution in [2.24, 2.45) is 0 Å². The van der Waals surface area contributed by atoms with E-state index in [1.54, 1.807) is 0 Å². The summed E-state index contributed by atoms with van der Waals surface area (Å²) in [6.45, 7) is 2.31. The van der Waals surface area contributed by atoms with E-state index in [4.69, 9.17) is 4.55 Å². The van der Waals surface area contributed by atoms with Crippen LogP contribution < -0.4 is 35.7 Å². The molecule has 0 aromatic heterocycles. The van der Waals surface area contributed by atoms with Crippen molar-refractivity contribution in [1.82, 2.24) is 6.15 Å². The van der Waals surface area contributed by atoms with E-state index in [9.17, 15) is 8.42 Å². The Balaban J connectivity index is -0.000000427. The van der Waals surface area contributed by atoms with Crippen LogP contribution in [0.5, 0.6) is 0 Å². The summed E-state index contributed by atoms with van der Waals surface area (Å²) in [5.41, 5.74) is 0. The maximum atomic E-state index is 10.2. The molecule has 0 heterocycles. The standard InChI is InChI=1S/C12H26O4S.H3N.Na.H/c1-2-3-4-5-6-7-8-9-10-11-12-16-17(13,14)15;;;/h2-12H2,1H3,(H,13,14,15);1H3;;/q;;+1;-1. The van der Waals surface area contributed by atoms with Gasteiger partial charge in [-0.15, -0.1) is 0 Å². The summed E-state index contributed by atoms with van der Waals surface area (Å²) < 4.78 is 33.0. The molecule has 0 spiro atoms. The van der Waals surface area contributed by atoms with E-state index in [0.29, 0.717) is 6.42 Å². The Morgan fingerprint density at radius 2 is 1.26 bits per heavy atom. The molecule has 0 saturated heterocycles. The number of hydrogen-bond donors (Lipinski definition) is 2. The average molecular weight is 307 g/mol. The van der Waals surface area contributed by atoms with Crippen LogP contribution in [0.4, 0.5) is 0 Å². The van der Waals surface area contributed by atoms with Crippen LogP contribution in [0.25, 0.3) is 0 Å². The van der Waals surface area contributed by atoms with Gasteiger partial charge in [0.15, 0.2) is 0 Å². The molecule has 0 aromatic carbocycles. The summed E-state index contributed by atoms with van der Waals surface area (Å²) in [5, 5.41) is 0. The van der Waals surface area contributed by atoms with Gasteiger partial charge in [0, 0.05) is 0 Å². The summed E-state index contributed by atoms with van der Waals surface area (Å²) in [6.07, 6.45) is 11.9. The van der Waals surface area contributed by atoms with E-state index in [0.717, 1.165) is 12.8 Å². The third-order valence-electron chi connectivity index (χ3n) is 2.73. The van der Waals surface area contributed by atoms with Crippen LogP contribution >= 0.6 is 0 Å². The molecule has 19 heavy (non-hydrogen) atoms. The summed E-state index contributed by atoms with van der Waals surface area (Å²) in [6, 6.07) is 0. The Hall–Kier alpha value is 0.830. The normalized spacial score (nSPS) is 10.6. The molecule has 0 amide bonds.